The molecule has 40 nitrogen and oxygen atoms in total. The van der Waals surface area contributed by atoms with Crippen LogP contribution in [0.2, 0.25) is 0 Å². The van der Waals surface area contributed by atoms with Gasteiger partial charge in [-0.15, -0.1) is 0 Å². The Bertz CT molecular complexity index is 2230. The molecule has 1 heterocycles. The molecule has 1 aliphatic rings. The number of amides is 5. The number of halogens is 3. The summed E-state index contributed by atoms with van der Waals surface area (Å²) in [5.74, 6) is -4.48. The molecule has 43 heteroatoms. The largest absolute Gasteiger partial charge is 0.490 e. The Balaban J connectivity index is 0.0000186. The minimum absolute atomic E-state index is 0.0194. The fraction of sp³-hybridized carbons (Fsp3) is 0.893. The topological polar surface area (TPSA) is 446 Å². The SMILES string of the molecule is COCCOCCOCCOCCOCCOCCOCCOCCOCCOCCOCCOCCOCCOCCOCCOCCOCCOCCOCCOCCOCCOCCOCCOCCNC(=O)[C@H](CCCCN)NC(=O)CCOCCOCCOCCOCCNC(=O)CCN1C(=O)C=CC1=O.O=C(O)C(F)(F)F. The van der Waals surface area contributed by atoms with Crippen molar-refractivity contribution >= 4 is 35.5 Å². The lowest BCUT2D eigenvalue weighted by molar-refractivity contribution is -0.192. The number of unbranched alkanes of at least 4 members (excludes halogenated alkanes) is 1. The number of nitrogens with zero attached hydrogens (tertiary/aromatic N) is 1. The minimum atomic E-state index is -5.08. The highest BCUT2D eigenvalue weighted by molar-refractivity contribution is 6.13. The molecular weight excluding hydrogens is 1590 g/mol. The van der Waals surface area contributed by atoms with Crippen LogP contribution in [0.4, 0.5) is 13.2 Å². The summed E-state index contributed by atoms with van der Waals surface area (Å²) in [7, 11) is 1.64. The van der Waals surface area contributed by atoms with Crippen molar-refractivity contribution in [1.82, 2.24) is 20.9 Å². The molecule has 0 radical (unpaired) electrons. The molecule has 0 fully saturated rings. The number of imide groups is 1. The number of carbonyl (C=O) groups is 6. The van der Waals surface area contributed by atoms with Crippen LogP contribution in [0.3, 0.4) is 0 Å². The van der Waals surface area contributed by atoms with Gasteiger partial charge in [0.1, 0.15) is 6.04 Å². The Morgan fingerprint density at radius 2 is 0.542 bits per heavy atom. The van der Waals surface area contributed by atoms with Crippen LogP contribution in [0.1, 0.15) is 32.1 Å². The zero-order chi connectivity index (χ0) is 85.7. The lowest BCUT2D eigenvalue weighted by atomic mass is 10.1. The van der Waals surface area contributed by atoms with Gasteiger partial charge >= 0.3 is 12.1 Å². The van der Waals surface area contributed by atoms with Gasteiger partial charge in [-0.3, -0.25) is 28.9 Å². The lowest BCUT2D eigenvalue weighted by Crippen LogP contribution is -2.47. The summed E-state index contributed by atoms with van der Waals surface area (Å²) < 4.78 is 185. The fourth-order valence-corrected chi connectivity index (χ4v) is 8.62. The zero-order valence-electron chi connectivity index (χ0n) is 69.5. The van der Waals surface area contributed by atoms with Gasteiger partial charge in [0.05, 0.1) is 363 Å². The Morgan fingerprint density at radius 1 is 0.331 bits per heavy atom. The summed E-state index contributed by atoms with van der Waals surface area (Å²) in [6, 6.07) is -0.708. The first-order valence-electron chi connectivity index (χ1n) is 40.3. The van der Waals surface area contributed by atoms with E-state index in [4.69, 9.17) is 148 Å². The molecular formula is C75H140F3N5O35. The summed E-state index contributed by atoms with van der Waals surface area (Å²) in [5, 5.41) is 15.4. The van der Waals surface area contributed by atoms with E-state index < -0.39 is 30.0 Å². The highest BCUT2D eigenvalue weighted by Crippen LogP contribution is 2.13. The van der Waals surface area contributed by atoms with Crippen molar-refractivity contribution in [3.8, 4) is 0 Å². The summed E-state index contributed by atoms with van der Waals surface area (Å²) in [6.45, 7) is 25.5. The number of carboxylic acids is 1. The predicted molar refractivity (Wildman–Crippen MR) is 414 cm³/mol. The summed E-state index contributed by atoms with van der Waals surface area (Å²) in [5.41, 5.74) is 5.65. The van der Waals surface area contributed by atoms with Crippen LogP contribution < -0.4 is 21.7 Å². The van der Waals surface area contributed by atoms with Crippen LogP contribution >= 0.6 is 0 Å². The van der Waals surface area contributed by atoms with Crippen molar-refractivity contribution in [2.75, 3.05) is 397 Å². The average Bonchev–Trinajstić information content (AvgIpc) is 1.75. The summed E-state index contributed by atoms with van der Waals surface area (Å²) in [4.78, 5) is 70.5. The molecule has 0 unspecified atom stereocenters. The number of carboxylic acid groups (broad SMARTS) is 1. The molecule has 0 spiro atoms. The van der Waals surface area contributed by atoms with Gasteiger partial charge in [0, 0.05) is 51.7 Å². The molecule has 6 N–H and O–H groups in total. The Labute approximate surface area is 692 Å². The molecule has 1 rings (SSSR count). The van der Waals surface area contributed by atoms with E-state index in [2.05, 4.69) is 16.0 Å². The third-order valence-electron chi connectivity index (χ3n) is 14.6. The lowest BCUT2D eigenvalue weighted by Gasteiger charge is -2.18. The zero-order valence-corrected chi connectivity index (χ0v) is 69.5. The number of alkyl halides is 3. The quantitative estimate of drug-likeness (QED) is 0.0370. The van der Waals surface area contributed by atoms with E-state index in [1.807, 2.05) is 0 Å². The number of ether oxygens (including phenoxy) is 28. The molecule has 0 aromatic heterocycles. The predicted octanol–water partition coefficient (Wildman–Crippen LogP) is -0.734. The van der Waals surface area contributed by atoms with Crippen molar-refractivity contribution in [3.05, 3.63) is 12.2 Å². The van der Waals surface area contributed by atoms with E-state index in [1.54, 1.807) is 7.11 Å². The average molecular weight is 1730 g/mol. The number of hydrogen-bond donors (Lipinski definition) is 5. The number of methoxy groups -OCH3 is 1. The smallest absolute Gasteiger partial charge is 0.475 e. The first-order valence-corrected chi connectivity index (χ1v) is 40.3. The molecule has 0 aromatic rings. The van der Waals surface area contributed by atoms with E-state index in [9.17, 15) is 37.1 Å². The van der Waals surface area contributed by atoms with Gasteiger partial charge in [-0.05, 0) is 25.8 Å². The van der Waals surface area contributed by atoms with Crippen LogP contribution in [-0.2, 0) is 161 Å². The van der Waals surface area contributed by atoms with Crippen molar-refractivity contribution in [2.24, 2.45) is 5.73 Å². The van der Waals surface area contributed by atoms with Gasteiger partial charge < -0.3 is 159 Å². The van der Waals surface area contributed by atoms with Gasteiger partial charge in [-0.25, -0.2) is 4.79 Å². The van der Waals surface area contributed by atoms with Crippen LogP contribution in [0.15, 0.2) is 12.2 Å². The van der Waals surface area contributed by atoms with Crippen LogP contribution in [-0.4, -0.2) is 454 Å². The maximum absolute atomic E-state index is 12.9. The number of carbonyl (C=O) groups excluding carboxylic acids is 5. The van der Waals surface area contributed by atoms with Crippen LogP contribution in [0, 0.1) is 0 Å². The van der Waals surface area contributed by atoms with Crippen molar-refractivity contribution in [2.45, 2.75) is 44.3 Å². The van der Waals surface area contributed by atoms with E-state index in [-0.39, 0.29) is 76.6 Å². The van der Waals surface area contributed by atoms with Gasteiger partial charge in [0.15, 0.2) is 0 Å². The Kier molecular flexibility index (Phi) is 89.5. The van der Waals surface area contributed by atoms with E-state index in [0.717, 1.165) is 11.3 Å². The first kappa shape index (κ1) is 113. The number of nitrogens with two attached hydrogens (primary N) is 1. The summed E-state index contributed by atoms with van der Waals surface area (Å²) in [6.07, 6.45) is -0.774. The minimum Gasteiger partial charge on any atom is -0.475 e. The van der Waals surface area contributed by atoms with E-state index in [1.165, 1.54) is 12.2 Å². The third-order valence-corrected chi connectivity index (χ3v) is 14.6. The van der Waals surface area contributed by atoms with Crippen molar-refractivity contribution in [1.29, 1.82) is 0 Å². The standard InChI is InChI=1S/C73H139N5O33.C2HF3O2/c1-84-16-17-88-24-25-92-30-31-94-34-35-96-38-39-98-42-43-100-46-47-102-50-51-104-54-55-106-58-59-108-62-63-110-66-67-111-65-64-109-61-60-107-57-56-105-53-52-103-49-48-101-45-44-99-41-40-97-37-36-95-33-32-93-29-28-91-23-20-87-15-11-76-73(83)68(4-2-3-9-74)77-70(80)8-13-85-18-21-89-26-27-90-22-19-86-14-10-75-69(79)7-12-78-71(81)5-6-72(78)82;3-2(4,5)1(6)7/h5-6,68H,2-4,7-67,74H2,1H3,(H,75,79)(H,76,83)(H,77,80);(H,6,7)/t68-;/m0./s1. The van der Waals surface area contributed by atoms with Gasteiger partial charge in [0.2, 0.25) is 17.7 Å². The number of rotatable bonds is 96. The van der Waals surface area contributed by atoms with Gasteiger partial charge in [-0.2, -0.15) is 13.2 Å². The molecule has 0 saturated carbocycles. The van der Waals surface area contributed by atoms with Crippen molar-refractivity contribution in [3.63, 3.8) is 0 Å². The third kappa shape index (κ3) is 87.7. The van der Waals surface area contributed by atoms with Crippen LogP contribution in [0.25, 0.3) is 0 Å². The number of aliphatic carboxylic acids is 1. The Hall–Kier alpha value is -4.61. The molecule has 1 atom stereocenters. The molecule has 5 amide bonds. The first-order chi connectivity index (χ1) is 57.8. The van der Waals surface area contributed by atoms with Crippen molar-refractivity contribution < 1.29 is 180 Å². The molecule has 0 bridgehead atoms. The van der Waals surface area contributed by atoms with E-state index in [0.29, 0.717) is 356 Å². The normalized spacial score (nSPS) is 12.5. The van der Waals surface area contributed by atoms with E-state index >= 15 is 0 Å². The second-order valence-electron chi connectivity index (χ2n) is 24.0. The monoisotopic (exact) mass is 1730 g/mol. The van der Waals surface area contributed by atoms with Gasteiger partial charge in [-0.1, -0.05) is 0 Å². The van der Waals surface area contributed by atoms with Gasteiger partial charge in [0.25, 0.3) is 11.8 Å². The molecule has 0 aliphatic carbocycles. The fourth-order valence-electron chi connectivity index (χ4n) is 8.62. The number of hydrogen-bond acceptors (Lipinski definition) is 35. The molecule has 118 heavy (non-hydrogen) atoms. The van der Waals surface area contributed by atoms with Crippen LogP contribution in [0.5, 0.6) is 0 Å². The Morgan fingerprint density at radius 3 is 0.763 bits per heavy atom. The molecule has 0 aromatic carbocycles. The molecule has 0 saturated heterocycles. The summed E-state index contributed by atoms with van der Waals surface area (Å²) >= 11 is 0. The highest BCUT2D eigenvalue weighted by atomic mass is 19.4. The number of nitrogens with one attached hydrogen (secondary N) is 3. The maximum atomic E-state index is 12.9. The molecule has 1 aliphatic heterocycles. The molecule has 696 valence electrons. The second-order valence-corrected chi connectivity index (χ2v) is 24.0. The highest BCUT2D eigenvalue weighted by Gasteiger charge is 2.38. The second kappa shape index (κ2) is 93.1. The maximum Gasteiger partial charge on any atom is 0.490 e.